The van der Waals surface area contributed by atoms with Gasteiger partial charge in [0.05, 0.1) is 0 Å². The van der Waals surface area contributed by atoms with Crippen molar-refractivity contribution < 1.29 is 33.8 Å². The van der Waals surface area contributed by atoms with Gasteiger partial charge >= 0.3 is 12.1 Å². The van der Waals surface area contributed by atoms with Crippen LogP contribution in [0, 0.1) is 5.92 Å². The molecule has 2 aromatic carbocycles. The Morgan fingerprint density at radius 2 is 1.42 bits per heavy atom. The fourth-order valence-corrected chi connectivity index (χ4v) is 4.74. The molecule has 0 fully saturated rings. The Balaban J connectivity index is 2.60. The predicted octanol–water partition coefficient (Wildman–Crippen LogP) is 5.68. The molecule has 10 nitrogen and oxygen atoms in total. The number of carbonyl (C=O) groups excluding carboxylic acids is 4. The van der Waals surface area contributed by atoms with Gasteiger partial charge in [-0.15, -0.1) is 0 Å². The first-order valence-electron chi connectivity index (χ1n) is 15.6. The summed E-state index contributed by atoms with van der Waals surface area (Å²) in [5, 5.41) is 16.5. The summed E-state index contributed by atoms with van der Waals surface area (Å²) in [5.41, 5.74) is -0.619. The van der Waals surface area contributed by atoms with E-state index < -0.39 is 53.2 Å². The monoisotopic (exact) mass is 625 g/mol. The van der Waals surface area contributed by atoms with Crippen molar-refractivity contribution in [3.8, 4) is 5.75 Å². The minimum atomic E-state index is -1.33. The summed E-state index contributed by atoms with van der Waals surface area (Å²) in [7, 11) is 0. The van der Waals surface area contributed by atoms with E-state index in [0.717, 1.165) is 5.56 Å². The second-order valence-electron chi connectivity index (χ2n) is 13.3. The number of ether oxygens (including phenoxy) is 2. The molecule has 4 atom stereocenters. The molecule has 0 aliphatic carbocycles. The summed E-state index contributed by atoms with van der Waals surface area (Å²) >= 11 is 0. The van der Waals surface area contributed by atoms with Crippen molar-refractivity contribution in [1.82, 2.24) is 15.5 Å². The molecule has 2 rings (SSSR count). The van der Waals surface area contributed by atoms with Gasteiger partial charge in [0.2, 0.25) is 11.8 Å². The number of alkyl carbamates (subject to hydrolysis) is 1. The molecule has 0 aromatic heterocycles. The highest BCUT2D eigenvalue weighted by atomic mass is 16.6. The minimum Gasteiger partial charge on any atom is -0.508 e. The van der Waals surface area contributed by atoms with Crippen LogP contribution in [0.5, 0.6) is 5.75 Å². The third-order valence-corrected chi connectivity index (χ3v) is 6.98. The van der Waals surface area contributed by atoms with Crippen molar-refractivity contribution in [1.29, 1.82) is 0 Å². The van der Waals surface area contributed by atoms with E-state index in [1.165, 1.54) is 11.0 Å². The van der Waals surface area contributed by atoms with Crippen molar-refractivity contribution in [3.05, 3.63) is 65.7 Å². The van der Waals surface area contributed by atoms with Crippen molar-refractivity contribution >= 4 is 23.9 Å². The molecule has 2 aromatic rings. The fourth-order valence-electron chi connectivity index (χ4n) is 4.74. The van der Waals surface area contributed by atoms with Gasteiger partial charge in [0.1, 0.15) is 35.1 Å². The first kappa shape index (κ1) is 37.1. The summed E-state index contributed by atoms with van der Waals surface area (Å²) in [6, 6.07) is 12.0. The quantitative estimate of drug-likeness (QED) is 0.244. The topological polar surface area (TPSA) is 134 Å². The third kappa shape index (κ3) is 11.7. The lowest BCUT2D eigenvalue weighted by atomic mass is 9.95. The second kappa shape index (κ2) is 16.3. The molecule has 0 saturated carbocycles. The van der Waals surface area contributed by atoms with E-state index in [0.29, 0.717) is 12.8 Å². The minimum absolute atomic E-state index is 0.129. The smallest absolute Gasteiger partial charge is 0.408 e. The van der Waals surface area contributed by atoms with Gasteiger partial charge in [0.15, 0.2) is 0 Å². The van der Waals surface area contributed by atoms with E-state index in [1.807, 2.05) is 51.1 Å². The maximum Gasteiger partial charge on any atom is 0.408 e. The Labute approximate surface area is 267 Å². The summed E-state index contributed by atoms with van der Waals surface area (Å²) in [5.74, 6) is -2.33. The van der Waals surface area contributed by atoms with Crippen molar-refractivity contribution in [2.45, 2.75) is 111 Å². The largest absolute Gasteiger partial charge is 0.508 e. The van der Waals surface area contributed by atoms with Crippen LogP contribution in [0.2, 0.25) is 0 Å². The van der Waals surface area contributed by atoms with Crippen LogP contribution in [0.4, 0.5) is 4.79 Å². The number of amides is 3. The van der Waals surface area contributed by atoms with Crippen LogP contribution in [-0.2, 0) is 30.3 Å². The van der Waals surface area contributed by atoms with Gasteiger partial charge in [-0.1, -0.05) is 75.7 Å². The van der Waals surface area contributed by atoms with E-state index in [2.05, 4.69) is 10.6 Å². The average Bonchev–Trinajstić information content (AvgIpc) is 2.94. The van der Waals surface area contributed by atoms with Gasteiger partial charge in [-0.3, -0.25) is 9.59 Å². The van der Waals surface area contributed by atoms with Gasteiger partial charge in [-0.05, 0) is 65.5 Å². The summed E-state index contributed by atoms with van der Waals surface area (Å²) in [6.07, 6.45) is 0.417. The molecule has 248 valence electrons. The molecule has 0 radical (unpaired) electrons. The van der Waals surface area contributed by atoms with Crippen LogP contribution in [0.15, 0.2) is 54.6 Å². The van der Waals surface area contributed by atoms with Crippen LogP contribution in [0.1, 0.15) is 92.3 Å². The number of benzene rings is 2. The Kier molecular flexibility index (Phi) is 13.4. The van der Waals surface area contributed by atoms with Crippen LogP contribution >= 0.6 is 0 Å². The molecule has 45 heavy (non-hydrogen) atoms. The first-order chi connectivity index (χ1) is 21.0. The Bertz CT molecular complexity index is 1280. The number of rotatable bonds is 13. The molecule has 10 heteroatoms. The van der Waals surface area contributed by atoms with Crippen molar-refractivity contribution in [2.24, 2.45) is 5.92 Å². The zero-order valence-electron chi connectivity index (χ0n) is 28.2. The van der Waals surface area contributed by atoms with Crippen LogP contribution in [0.3, 0.4) is 0 Å². The molecular formula is C35H51N3O7. The highest BCUT2D eigenvalue weighted by Crippen LogP contribution is 2.31. The molecule has 3 N–H and O–H groups in total. The molecule has 3 amide bonds. The lowest BCUT2D eigenvalue weighted by Crippen LogP contribution is -2.56. The lowest BCUT2D eigenvalue weighted by molar-refractivity contribution is -0.159. The molecule has 0 aliphatic heterocycles. The molecule has 0 spiro atoms. The summed E-state index contributed by atoms with van der Waals surface area (Å²) in [6.45, 7) is 16.1. The van der Waals surface area contributed by atoms with Crippen molar-refractivity contribution in [2.75, 3.05) is 6.54 Å². The first-order valence-corrected chi connectivity index (χ1v) is 15.6. The molecular weight excluding hydrogens is 574 g/mol. The predicted molar refractivity (Wildman–Crippen MR) is 173 cm³/mol. The Morgan fingerprint density at radius 1 is 0.844 bits per heavy atom. The maximum absolute atomic E-state index is 14.4. The van der Waals surface area contributed by atoms with Crippen LogP contribution < -0.4 is 10.6 Å². The highest BCUT2D eigenvalue weighted by Gasteiger charge is 2.40. The number of aromatic hydroxyl groups is 1. The maximum atomic E-state index is 14.4. The van der Waals surface area contributed by atoms with Crippen LogP contribution in [-0.4, -0.2) is 63.7 Å². The number of carbonyl (C=O) groups is 4. The van der Waals surface area contributed by atoms with Gasteiger partial charge in [-0.2, -0.15) is 0 Å². The molecule has 0 aliphatic rings. The van der Waals surface area contributed by atoms with E-state index in [-0.39, 0.29) is 30.2 Å². The lowest BCUT2D eigenvalue weighted by Gasteiger charge is -2.36. The van der Waals surface area contributed by atoms with E-state index in [9.17, 15) is 24.3 Å². The number of phenolic OH excluding ortho intramolecular Hbond substituents is 1. The van der Waals surface area contributed by atoms with E-state index in [4.69, 9.17) is 9.47 Å². The van der Waals surface area contributed by atoms with Crippen molar-refractivity contribution in [3.63, 3.8) is 0 Å². The number of phenols is 1. The zero-order valence-corrected chi connectivity index (χ0v) is 28.2. The van der Waals surface area contributed by atoms with E-state index >= 15 is 0 Å². The standard InChI is InChI=1S/C35H51N3O7/c1-10-21-38(31(41)28(23(3)11-2)37-33(43)45-35(7,8)9)29(25-19-15-16-20-27(25)39)30(40)36-26(32(42)44-34(4,5)6)22-24-17-13-12-14-18-24/h12-20,23,26,28-29,39H,10-11,21-22H2,1-9H3,(H,36,40)(H,37,43). The van der Waals surface area contributed by atoms with Gasteiger partial charge < -0.3 is 30.1 Å². The normalized spacial score (nSPS) is 14.3. The highest BCUT2D eigenvalue weighted by molar-refractivity contribution is 5.94. The third-order valence-electron chi connectivity index (χ3n) is 6.98. The Morgan fingerprint density at radius 3 is 1.96 bits per heavy atom. The van der Waals surface area contributed by atoms with Gasteiger partial charge in [0, 0.05) is 18.5 Å². The number of nitrogens with one attached hydrogen (secondary N) is 2. The number of esters is 1. The fraction of sp³-hybridized carbons (Fsp3) is 0.543. The van der Waals surface area contributed by atoms with Crippen LogP contribution in [0.25, 0.3) is 0 Å². The number of hydrogen-bond donors (Lipinski definition) is 3. The number of nitrogens with zero attached hydrogens (tertiary/aromatic N) is 1. The van der Waals surface area contributed by atoms with E-state index in [1.54, 1.807) is 59.7 Å². The molecule has 4 unspecified atom stereocenters. The number of para-hydroxylation sites is 1. The number of hydrogen-bond acceptors (Lipinski definition) is 7. The molecule has 0 saturated heterocycles. The molecule has 0 heterocycles. The SMILES string of the molecule is CCCN(C(=O)C(NC(=O)OC(C)(C)C)C(C)CC)C(C(=O)NC(Cc1ccccc1)C(=O)OC(C)(C)C)c1ccccc1O. The second-order valence-corrected chi connectivity index (χ2v) is 13.3. The summed E-state index contributed by atoms with van der Waals surface area (Å²) in [4.78, 5) is 56.3. The summed E-state index contributed by atoms with van der Waals surface area (Å²) < 4.78 is 11.1. The zero-order chi connectivity index (χ0) is 33.9. The van der Waals surface area contributed by atoms with Gasteiger partial charge in [-0.25, -0.2) is 9.59 Å². The molecule has 0 bridgehead atoms. The Hall–Kier alpha value is -4.08. The van der Waals surface area contributed by atoms with Gasteiger partial charge in [0.25, 0.3) is 0 Å². The average molecular weight is 626 g/mol.